The van der Waals surface area contributed by atoms with Crippen molar-refractivity contribution >= 4 is 17.5 Å². The second-order valence-electron chi connectivity index (χ2n) is 4.56. The number of aryl methyl sites for hydroxylation is 1. The van der Waals surface area contributed by atoms with Gasteiger partial charge < -0.3 is 20.4 Å². The number of anilines is 2. The largest absolute Gasteiger partial charge is 0.464 e. The Labute approximate surface area is 123 Å². The smallest absolute Gasteiger partial charge is 0.356 e. The Hall–Kier alpha value is -2.57. The Bertz CT molecular complexity index is 583. The maximum Gasteiger partial charge on any atom is 0.356 e. The molecule has 2 aromatic rings. The lowest BCUT2D eigenvalue weighted by molar-refractivity contribution is 0.0594. The third-order valence-electron chi connectivity index (χ3n) is 3.02. The zero-order chi connectivity index (χ0) is 15.1. The summed E-state index contributed by atoms with van der Waals surface area (Å²) in [7, 11) is 1.32. The van der Waals surface area contributed by atoms with Crippen LogP contribution in [0.5, 0.6) is 0 Å². The molecule has 0 radical (unpaired) electrons. The van der Waals surface area contributed by atoms with Gasteiger partial charge in [-0.05, 0) is 25.0 Å². The number of hydrogen-bond donors (Lipinski definition) is 2. The number of nitrogen functional groups attached to an aromatic ring is 1. The number of methoxy groups -OCH3 is 1. The van der Waals surface area contributed by atoms with Crippen molar-refractivity contribution < 1.29 is 9.53 Å². The molecule has 3 N–H and O–H groups in total. The number of rotatable bonds is 7. The number of aromatic nitrogens is 3. The Balaban J connectivity index is 1.80. The van der Waals surface area contributed by atoms with Crippen LogP contribution in [0.1, 0.15) is 23.3 Å². The summed E-state index contributed by atoms with van der Waals surface area (Å²) in [5.41, 5.74) is 6.59. The molecule has 0 atom stereocenters. The van der Waals surface area contributed by atoms with Gasteiger partial charge in [-0.15, -0.1) is 0 Å². The summed E-state index contributed by atoms with van der Waals surface area (Å²) < 4.78 is 6.67. The van der Waals surface area contributed by atoms with Gasteiger partial charge in [0.2, 0.25) is 0 Å². The molecule has 2 heterocycles. The van der Waals surface area contributed by atoms with Gasteiger partial charge >= 0.3 is 5.97 Å². The summed E-state index contributed by atoms with van der Waals surface area (Å²) in [6.07, 6.45) is 7.47. The van der Waals surface area contributed by atoms with Gasteiger partial charge in [-0.25, -0.2) is 14.8 Å². The first-order valence-electron chi connectivity index (χ1n) is 6.75. The number of carbonyl (C=O) groups is 1. The highest BCUT2D eigenvalue weighted by Crippen LogP contribution is 2.16. The van der Waals surface area contributed by atoms with Crippen LogP contribution in [-0.4, -0.2) is 34.2 Å². The van der Waals surface area contributed by atoms with Crippen molar-refractivity contribution in [3.05, 3.63) is 36.5 Å². The first-order chi connectivity index (χ1) is 10.2. The molecule has 0 spiro atoms. The minimum Gasteiger partial charge on any atom is -0.464 e. The van der Waals surface area contributed by atoms with E-state index in [0.717, 1.165) is 25.9 Å². The zero-order valence-corrected chi connectivity index (χ0v) is 12.0. The van der Waals surface area contributed by atoms with Crippen molar-refractivity contribution in [1.29, 1.82) is 0 Å². The molecular formula is C14H19N5O2. The summed E-state index contributed by atoms with van der Waals surface area (Å²) in [5, 5.41) is 3.14. The molecule has 0 aliphatic heterocycles. The van der Waals surface area contributed by atoms with E-state index in [1.807, 2.05) is 10.8 Å². The van der Waals surface area contributed by atoms with E-state index in [1.165, 1.54) is 7.11 Å². The summed E-state index contributed by atoms with van der Waals surface area (Å²) in [6.45, 7) is 1.66. The highest BCUT2D eigenvalue weighted by molar-refractivity contribution is 5.88. The van der Waals surface area contributed by atoms with Crippen molar-refractivity contribution in [3.8, 4) is 0 Å². The lowest BCUT2D eigenvalue weighted by Gasteiger charge is -2.09. The molecule has 0 aliphatic carbocycles. The molecule has 2 aromatic heterocycles. The molecule has 0 saturated carbocycles. The van der Waals surface area contributed by atoms with E-state index in [2.05, 4.69) is 20.0 Å². The molecule has 7 nitrogen and oxygen atoms in total. The first kappa shape index (κ1) is 14.8. The molecule has 0 unspecified atom stereocenters. The number of pyridine rings is 1. The van der Waals surface area contributed by atoms with Crippen molar-refractivity contribution in [1.82, 2.24) is 14.5 Å². The Kier molecular flexibility index (Phi) is 5.14. The van der Waals surface area contributed by atoms with E-state index in [1.54, 1.807) is 24.7 Å². The first-order valence-corrected chi connectivity index (χ1v) is 6.75. The van der Waals surface area contributed by atoms with E-state index in [-0.39, 0.29) is 5.69 Å². The third kappa shape index (κ3) is 4.20. The van der Waals surface area contributed by atoms with E-state index < -0.39 is 5.97 Å². The highest BCUT2D eigenvalue weighted by atomic mass is 16.5. The Morgan fingerprint density at radius 2 is 2.29 bits per heavy atom. The van der Waals surface area contributed by atoms with Crippen molar-refractivity contribution in [2.75, 3.05) is 24.7 Å². The molecule has 0 aliphatic rings. The fourth-order valence-corrected chi connectivity index (χ4v) is 1.87. The molecule has 21 heavy (non-hydrogen) atoms. The van der Waals surface area contributed by atoms with Gasteiger partial charge in [0.05, 0.1) is 19.1 Å². The molecule has 2 rings (SSSR count). The summed E-state index contributed by atoms with van der Waals surface area (Å²) in [6, 6.07) is 3.19. The van der Waals surface area contributed by atoms with E-state index in [0.29, 0.717) is 11.5 Å². The molecule has 0 aromatic carbocycles. The van der Waals surface area contributed by atoms with Gasteiger partial charge in [0.15, 0.2) is 5.69 Å². The second-order valence-corrected chi connectivity index (χ2v) is 4.56. The molecule has 112 valence electrons. The predicted octanol–water partition coefficient (Wildman–Crippen LogP) is 1.54. The number of hydrogen-bond acceptors (Lipinski definition) is 6. The van der Waals surface area contributed by atoms with Gasteiger partial charge in [0, 0.05) is 25.5 Å². The minimum absolute atomic E-state index is 0.243. The maximum absolute atomic E-state index is 11.4. The van der Waals surface area contributed by atoms with Crippen molar-refractivity contribution in [3.63, 3.8) is 0 Å². The van der Waals surface area contributed by atoms with Crippen molar-refractivity contribution in [2.45, 2.75) is 19.4 Å². The second kappa shape index (κ2) is 7.28. The number of ether oxygens (including phenoxy) is 1. The minimum atomic E-state index is -0.474. The third-order valence-corrected chi connectivity index (χ3v) is 3.02. The summed E-state index contributed by atoms with van der Waals surface area (Å²) in [5.74, 6) is 0.0405. The SMILES string of the molecule is COC(=O)c1ccc(N)c(NCCCCn2ccnc2)n1. The average Bonchev–Trinajstić information content (AvgIpc) is 3.01. The van der Waals surface area contributed by atoms with E-state index in [4.69, 9.17) is 5.73 Å². The topological polar surface area (TPSA) is 95.1 Å². The highest BCUT2D eigenvalue weighted by Gasteiger charge is 2.09. The van der Waals surface area contributed by atoms with Crippen LogP contribution < -0.4 is 11.1 Å². The maximum atomic E-state index is 11.4. The van der Waals surface area contributed by atoms with Crippen LogP contribution in [0.3, 0.4) is 0 Å². The standard InChI is InChI=1S/C14H19N5O2/c1-21-14(20)12-5-4-11(15)13(18-12)17-6-2-3-8-19-9-7-16-10-19/h4-5,7,9-10H,2-3,6,8,15H2,1H3,(H,17,18). The molecule has 0 saturated heterocycles. The van der Waals surface area contributed by atoms with E-state index >= 15 is 0 Å². The van der Waals surface area contributed by atoms with Gasteiger partial charge in [0.25, 0.3) is 0 Å². The Morgan fingerprint density at radius 1 is 1.43 bits per heavy atom. The molecule has 0 fully saturated rings. The Morgan fingerprint density at radius 3 is 3.00 bits per heavy atom. The summed E-state index contributed by atoms with van der Waals surface area (Å²) in [4.78, 5) is 19.6. The number of nitrogens with one attached hydrogen (secondary N) is 1. The number of nitrogens with zero attached hydrogens (tertiary/aromatic N) is 3. The normalized spacial score (nSPS) is 10.3. The van der Waals surface area contributed by atoms with Gasteiger partial charge in [-0.2, -0.15) is 0 Å². The fourth-order valence-electron chi connectivity index (χ4n) is 1.87. The monoisotopic (exact) mass is 289 g/mol. The lowest BCUT2D eigenvalue weighted by atomic mass is 10.3. The number of unbranched alkanes of at least 4 members (excludes halogenated alkanes) is 1. The lowest BCUT2D eigenvalue weighted by Crippen LogP contribution is -2.11. The fraction of sp³-hybridized carbons (Fsp3) is 0.357. The number of esters is 1. The quantitative estimate of drug-likeness (QED) is 0.593. The molecule has 0 bridgehead atoms. The van der Waals surface area contributed by atoms with Crippen LogP contribution in [0.2, 0.25) is 0 Å². The van der Waals surface area contributed by atoms with Crippen LogP contribution in [-0.2, 0) is 11.3 Å². The number of nitrogens with two attached hydrogens (primary N) is 1. The predicted molar refractivity (Wildman–Crippen MR) is 79.9 cm³/mol. The van der Waals surface area contributed by atoms with E-state index in [9.17, 15) is 4.79 Å². The van der Waals surface area contributed by atoms with Crippen LogP contribution in [0, 0.1) is 0 Å². The van der Waals surface area contributed by atoms with Crippen molar-refractivity contribution in [2.24, 2.45) is 0 Å². The van der Waals surface area contributed by atoms with Crippen LogP contribution in [0.25, 0.3) is 0 Å². The average molecular weight is 289 g/mol. The van der Waals surface area contributed by atoms with Gasteiger partial charge in [0.1, 0.15) is 5.82 Å². The van der Waals surface area contributed by atoms with Crippen LogP contribution in [0.15, 0.2) is 30.9 Å². The number of carbonyl (C=O) groups excluding carboxylic acids is 1. The zero-order valence-electron chi connectivity index (χ0n) is 12.0. The molecule has 0 amide bonds. The molecular weight excluding hydrogens is 270 g/mol. The van der Waals surface area contributed by atoms with Crippen LogP contribution >= 0.6 is 0 Å². The molecule has 7 heteroatoms. The van der Waals surface area contributed by atoms with Gasteiger partial charge in [-0.3, -0.25) is 0 Å². The van der Waals surface area contributed by atoms with Gasteiger partial charge in [-0.1, -0.05) is 0 Å². The number of imidazole rings is 1. The van der Waals surface area contributed by atoms with Crippen LogP contribution in [0.4, 0.5) is 11.5 Å². The summed E-state index contributed by atoms with van der Waals surface area (Å²) >= 11 is 0.